The first kappa shape index (κ1) is 24.3. The topological polar surface area (TPSA) is 88.5 Å². The molecule has 0 radical (unpaired) electrons. The Morgan fingerprint density at radius 2 is 1.51 bits per heavy atom. The highest BCUT2D eigenvalue weighted by Crippen LogP contribution is 2.34. The summed E-state index contributed by atoms with van der Waals surface area (Å²) >= 11 is 0.809. The first-order chi connectivity index (χ1) is 18.0. The van der Waals surface area contributed by atoms with Crippen LogP contribution >= 0.6 is 11.8 Å². The number of nitrogens with one attached hydrogen (secondary N) is 1. The monoisotopic (exact) mass is 509 g/mol. The van der Waals surface area contributed by atoms with Crippen LogP contribution < -0.4 is 5.32 Å². The molecule has 37 heavy (non-hydrogen) atoms. The SMILES string of the molecule is O=C(Cn1cc(/C=C2\SC(=O)N(CC(=O)c3ccccc3)C2=O)c2ccccc21)NCc1ccccc1. The van der Waals surface area contributed by atoms with Gasteiger partial charge >= 0.3 is 0 Å². The van der Waals surface area contributed by atoms with E-state index in [9.17, 15) is 19.2 Å². The molecular weight excluding hydrogens is 486 g/mol. The van der Waals surface area contributed by atoms with E-state index in [4.69, 9.17) is 0 Å². The van der Waals surface area contributed by atoms with E-state index in [1.165, 1.54) is 0 Å². The van der Waals surface area contributed by atoms with E-state index in [0.717, 1.165) is 33.1 Å². The molecule has 3 amide bonds. The molecule has 1 aromatic heterocycles. The van der Waals surface area contributed by atoms with Crippen LogP contribution in [0.4, 0.5) is 4.79 Å². The minimum atomic E-state index is -0.503. The highest BCUT2D eigenvalue weighted by atomic mass is 32.2. The summed E-state index contributed by atoms with van der Waals surface area (Å²) in [7, 11) is 0. The summed E-state index contributed by atoms with van der Waals surface area (Å²) in [5, 5.41) is 3.30. The van der Waals surface area contributed by atoms with E-state index in [-0.39, 0.29) is 29.7 Å². The second kappa shape index (κ2) is 10.7. The molecule has 1 aliphatic heterocycles. The van der Waals surface area contributed by atoms with Crippen LogP contribution in [0.5, 0.6) is 0 Å². The fourth-order valence-electron chi connectivity index (χ4n) is 4.16. The number of imide groups is 1. The van der Waals surface area contributed by atoms with Gasteiger partial charge in [-0.25, -0.2) is 0 Å². The van der Waals surface area contributed by atoms with E-state index < -0.39 is 11.1 Å². The standard InChI is InChI=1S/C29H23N3O4S/c33-25(21-11-5-2-6-12-21)18-32-28(35)26(37-29(32)36)15-22-17-31(24-14-8-7-13-23(22)24)19-27(34)30-16-20-9-3-1-4-10-20/h1-15,17H,16,18-19H2,(H,30,34)/b26-15-. The maximum Gasteiger partial charge on any atom is 0.293 e. The highest BCUT2D eigenvalue weighted by Gasteiger charge is 2.36. The molecule has 2 heterocycles. The van der Waals surface area contributed by atoms with Gasteiger partial charge < -0.3 is 9.88 Å². The van der Waals surface area contributed by atoms with Crippen LogP contribution in [-0.4, -0.2) is 38.8 Å². The predicted octanol–water partition coefficient (Wildman–Crippen LogP) is 4.88. The van der Waals surface area contributed by atoms with E-state index in [0.29, 0.717) is 17.7 Å². The summed E-state index contributed by atoms with van der Waals surface area (Å²) in [5.74, 6) is -0.949. The van der Waals surface area contributed by atoms with Gasteiger partial charge in [0.15, 0.2) is 5.78 Å². The number of hydrogen-bond acceptors (Lipinski definition) is 5. The summed E-state index contributed by atoms with van der Waals surface area (Å²) in [6, 6.07) is 25.8. The zero-order chi connectivity index (χ0) is 25.8. The molecule has 7 nitrogen and oxygen atoms in total. The second-order valence-corrected chi connectivity index (χ2v) is 9.54. The molecular formula is C29H23N3O4S. The molecule has 5 rings (SSSR count). The smallest absolute Gasteiger partial charge is 0.293 e. The van der Waals surface area contributed by atoms with Crippen LogP contribution in [0.25, 0.3) is 17.0 Å². The number of para-hydroxylation sites is 1. The van der Waals surface area contributed by atoms with Crippen LogP contribution in [0.1, 0.15) is 21.5 Å². The van der Waals surface area contributed by atoms with Gasteiger partial charge in [0, 0.05) is 34.8 Å². The average molecular weight is 510 g/mol. The third-order valence-corrected chi connectivity index (χ3v) is 6.93. The number of benzene rings is 3. The number of nitrogens with zero attached hydrogens (tertiary/aromatic N) is 2. The lowest BCUT2D eigenvalue weighted by Gasteiger charge is -2.11. The lowest BCUT2D eigenvalue weighted by molar-refractivity contribution is -0.123. The number of rotatable bonds is 8. The zero-order valence-electron chi connectivity index (χ0n) is 19.8. The van der Waals surface area contributed by atoms with E-state index in [2.05, 4.69) is 5.32 Å². The zero-order valence-corrected chi connectivity index (χ0v) is 20.6. The fraction of sp³-hybridized carbons (Fsp3) is 0.103. The number of hydrogen-bond donors (Lipinski definition) is 1. The quantitative estimate of drug-likeness (QED) is 0.270. The van der Waals surface area contributed by atoms with Gasteiger partial charge in [-0.3, -0.25) is 24.1 Å². The molecule has 1 aliphatic rings. The van der Waals surface area contributed by atoms with Crippen LogP contribution in [0.3, 0.4) is 0 Å². The van der Waals surface area contributed by atoms with Crippen molar-refractivity contribution < 1.29 is 19.2 Å². The normalized spacial score (nSPS) is 14.5. The van der Waals surface area contributed by atoms with Gasteiger partial charge in [-0.05, 0) is 29.5 Å². The maximum atomic E-state index is 13.0. The molecule has 1 fully saturated rings. The highest BCUT2D eigenvalue weighted by molar-refractivity contribution is 8.18. The lowest BCUT2D eigenvalue weighted by Crippen LogP contribution is -2.33. The molecule has 0 bridgehead atoms. The summed E-state index contributed by atoms with van der Waals surface area (Å²) in [4.78, 5) is 52.0. The Balaban J connectivity index is 1.34. The minimum Gasteiger partial charge on any atom is -0.350 e. The van der Waals surface area contributed by atoms with Crippen LogP contribution in [0.15, 0.2) is 96.0 Å². The minimum absolute atomic E-state index is 0.105. The summed E-state index contributed by atoms with van der Waals surface area (Å²) in [6.07, 6.45) is 3.45. The van der Waals surface area contributed by atoms with E-state index >= 15 is 0 Å². The van der Waals surface area contributed by atoms with Crippen molar-refractivity contribution >= 4 is 51.6 Å². The molecule has 184 valence electrons. The number of carbonyl (C=O) groups is 4. The predicted molar refractivity (Wildman–Crippen MR) is 144 cm³/mol. The average Bonchev–Trinajstić information content (AvgIpc) is 3.40. The van der Waals surface area contributed by atoms with Crippen molar-refractivity contribution in [3.05, 3.63) is 113 Å². The van der Waals surface area contributed by atoms with Gasteiger partial charge in [-0.2, -0.15) is 0 Å². The van der Waals surface area contributed by atoms with Gasteiger partial charge in [0.2, 0.25) is 5.91 Å². The Bertz CT molecular complexity index is 1530. The molecule has 0 atom stereocenters. The molecule has 0 unspecified atom stereocenters. The first-order valence-corrected chi connectivity index (χ1v) is 12.5. The number of aromatic nitrogens is 1. The van der Waals surface area contributed by atoms with Crippen molar-refractivity contribution in [2.24, 2.45) is 0 Å². The molecule has 8 heteroatoms. The number of ketones is 1. The Morgan fingerprint density at radius 1 is 0.838 bits per heavy atom. The first-order valence-electron chi connectivity index (χ1n) is 11.7. The summed E-state index contributed by atoms with van der Waals surface area (Å²) in [6.45, 7) is 0.226. The van der Waals surface area contributed by atoms with Crippen molar-refractivity contribution in [1.82, 2.24) is 14.8 Å². The number of thioether (sulfide) groups is 1. The van der Waals surface area contributed by atoms with Crippen molar-refractivity contribution in [2.75, 3.05) is 6.54 Å². The van der Waals surface area contributed by atoms with Crippen molar-refractivity contribution in [3.8, 4) is 0 Å². The van der Waals surface area contributed by atoms with E-state index in [1.807, 2.05) is 59.2 Å². The van der Waals surface area contributed by atoms with Gasteiger partial charge in [0.1, 0.15) is 6.54 Å². The van der Waals surface area contributed by atoms with Crippen molar-refractivity contribution in [3.63, 3.8) is 0 Å². The van der Waals surface area contributed by atoms with Crippen molar-refractivity contribution in [1.29, 1.82) is 0 Å². The third kappa shape index (κ3) is 5.39. The summed E-state index contributed by atoms with van der Waals surface area (Å²) in [5.41, 5.74) is 3.00. The summed E-state index contributed by atoms with van der Waals surface area (Å²) < 4.78 is 1.82. The third-order valence-electron chi connectivity index (χ3n) is 6.02. The van der Waals surface area contributed by atoms with Gasteiger partial charge in [-0.1, -0.05) is 78.9 Å². The van der Waals surface area contributed by atoms with Crippen LogP contribution in [-0.2, 0) is 22.7 Å². The maximum absolute atomic E-state index is 13.0. The second-order valence-electron chi connectivity index (χ2n) is 8.55. The molecule has 3 aromatic carbocycles. The van der Waals surface area contributed by atoms with Gasteiger partial charge in [0.05, 0.1) is 11.4 Å². The van der Waals surface area contributed by atoms with Crippen molar-refractivity contribution in [2.45, 2.75) is 13.1 Å². The fourth-order valence-corrected chi connectivity index (χ4v) is 4.99. The molecule has 0 saturated carbocycles. The number of fused-ring (bicyclic) bond motifs is 1. The number of carbonyl (C=O) groups excluding carboxylic acids is 4. The van der Waals surface area contributed by atoms with Gasteiger partial charge in [0.25, 0.3) is 11.1 Å². The van der Waals surface area contributed by atoms with Crippen LogP contribution in [0, 0.1) is 0 Å². The number of amides is 3. The largest absolute Gasteiger partial charge is 0.350 e. The Morgan fingerprint density at radius 3 is 2.27 bits per heavy atom. The Labute approximate surface area is 217 Å². The molecule has 0 aliphatic carbocycles. The van der Waals surface area contributed by atoms with Gasteiger partial charge in [-0.15, -0.1) is 0 Å². The van der Waals surface area contributed by atoms with Crippen LogP contribution in [0.2, 0.25) is 0 Å². The van der Waals surface area contributed by atoms with E-state index in [1.54, 1.807) is 42.6 Å². The lowest BCUT2D eigenvalue weighted by atomic mass is 10.1. The Hall–Kier alpha value is -4.43. The molecule has 1 N–H and O–H groups in total. The molecule has 1 saturated heterocycles. The molecule has 0 spiro atoms. The molecule has 4 aromatic rings. The Kier molecular flexibility index (Phi) is 7.00. The number of Topliss-reactive ketones (excluding diaryl/α,β-unsaturated/α-hetero) is 1.